The molecule has 1 heterocycles. The molecule has 2 aromatic rings. The lowest BCUT2D eigenvalue weighted by atomic mass is 9.99. The van der Waals surface area contributed by atoms with E-state index in [-0.39, 0.29) is 11.9 Å². The third-order valence-electron chi connectivity index (χ3n) is 3.38. The van der Waals surface area contributed by atoms with Gasteiger partial charge >= 0.3 is 0 Å². The Morgan fingerprint density at radius 3 is 2.76 bits per heavy atom. The van der Waals surface area contributed by atoms with E-state index in [0.717, 1.165) is 35.0 Å². The van der Waals surface area contributed by atoms with Crippen LogP contribution in [0.5, 0.6) is 0 Å². The number of nitrogens with zero attached hydrogens (tertiary/aromatic N) is 1. The standard InChI is InChI=1S/C17H20BrFN2/c1-3-6-21-17(14-7-12(2)10-20-11-14)8-13-4-5-15(19)9-16(13)18/h4-5,7,9-11,17,21H,3,6,8H2,1-2H3. The zero-order valence-electron chi connectivity index (χ0n) is 12.4. The molecule has 0 amide bonds. The van der Waals surface area contributed by atoms with Gasteiger partial charge in [0.2, 0.25) is 0 Å². The largest absolute Gasteiger partial charge is 0.310 e. The van der Waals surface area contributed by atoms with Crippen LogP contribution in [-0.4, -0.2) is 11.5 Å². The second-order valence-corrected chi connectivity index (χ2v) is 6.10. The molecule has 0 radical (unpaired) electrons. The van der Waals surface area contributed by atoms with Crippen LogP contribution in [-0.2, 0) is 6.42 Å². The van der Waals surface area contributed by atoms with Crippen molar-refractivity contribution in [1.29, 1.82) is 0 Å². The van der Waals surface area contributed by atoms with Gasteiger partial charge in [-0.3, -0.25) is 4.98 Å². The summed E-state index contributed by atoms with van der Waals surface area (Å²) in [6.07, 6.45) is 5.62. The van der Waals surface area contributed by atoms with Crippen LogP contribution >= 0.6 is 15.9 Å². The van der Waals surface area contributed by atoms with Crippen LogP contribution in [0.25, 0.3) is 0 Å². The first-order chi connectivity index (χ1) is 10.1. The molecule has 1 atom stereocenters. The number of hydrogen-bond donors (Lipinski definition) is 1. The Morgan fingerprint density at radius 2 is 2.10 bits per heavy atom. The monoisotopic (exact) mass is 350 g/mol. The van der Waals surface area contributed by atoms with Gasteiger partial charge in [0.25, 0.3) is 0 Å². The lowest BCUT2D eigenvalue weighted by Crippen LogP contribution is -2.24. The van der Waals surface area contributed by atoms with E-state index in [9.17, 15) is 4.39 Å². The summed E-state index contributed by atoms with van der Waals surface area (Å²) in [7, 11) is 0. The second-order valence-electron chi connectivity index (χ2n) is 5.24. The summed E-state index contributed by atoms with van der Waals surface area (Å²) in [5.41, 5.74) is 3.40. The molecule has 2 nitrogen and oxygen atoms in total. The van der Waals surface area contributed by atoms with Crippen molar-refractivity contribution in [1.82, 2.24) is 10.3 Å². The number of nitrogens with one attached hydrogen (secondary N) is 1. The van der Waals surface area contributed by atoms with Crippen LogP contribution in [0.2, 0.25) is 0 Å². The van der Waals surface area contributed by atoms with Crippen molar-refractivity contribution in [3.05, 3.63) is 63.6 Å². The molecule has 0 aliphatic carbocycles. The predicted molar refractivity (Wildman–Crippen MR) is 87.8 cm³/mol. The summed E-state index contributed by atoms with van der Waals surface area (Å²) < 4.78 is 14.0. The molecule has 0 aliphatic rings. The van der Waals surface area contributed by atoms with Crippen LogP contribution < -0.4 is 5.32 Å². The van der Waals surface area contributed by atoms with Gasteiger partial charge in [0.1, 0.15) is 5.82 Å². The van der Waals surface area contributed by atoms with Gasteiger partial charge in [0.15, 0.2) is 0 Å². The number of rotatable bonds is 6. The molecule has 0 spiro atoms. The highest BCUT2D eigenvalue weighted by Gasteiger charge is 2.14. The Hall–Kier alpha value is -1.26. The highest BCUT2D eigenvalue weighted by molar-refractivity contribution is 9.10. The van der Waals surface area contributed by atoms with Crippen molar-refractivity contribution in [2.75, 3.05) is 6.54 Å². The average Bonchev–Trinajstić information content (AvgIpc) is 2.45. The molecular formula is C17H20BrFN2. The summed E-state index contributed by atoms with van der Waals surface area (Å²) in [4.78, 5) is 4.28. The van der Waals surface area contributed by atoms with Gasteiger partial charge in [-0.1, -0.05) is 35.0 Å². The molecule has 1 unspecified atom stereocenters. The van der Waals surface area contributed by atoms with Crippen molar-refractivity contribution in [3.63, 3.8) is 0 Å². The molecule has 1 aromatic carbocycles. The molecule has 0 saturated carbocycles. The van der Waals surface area contributed by atoms with E-state index in [1.165, 1.54) is 17.7 Å². The molecule has 112 valence electrons. The van der Waals surface area contributed by atoms with Crippen LogP contribution in [0.15, 0.2) is 41.1 Å². The molecule has 21 heavy (non-hydrogen) atoms. The first-order valence-electron chi connectivity index (χ1n) is 7.19. The average molecular weight is 351 g/mol. The molecule has 2 rings (SSSR count). The van der Waals surface area contributed by atoms with Crippen molar-refractivity contribution in [2.24, 2.45) is 0 Å². The fourth-order valence-electron chi connectivity index (χ4n) is 2.30. The molecule has 0 saturated heterocycles. The second kappa shape index (κ2) is 7.66. The molecule has 0 bridgehead atoms. The normalized spacial score (nSPS) is 12.4. The van der Waals surface area contributed by atoms with Crippen LogP contribution in [0.3, 0.4) is 0 Å². The van der Waals surface area contributed by atoms with E-state index in [0.29, 0.717) is 0 Å². The maximum atomic E-state index is 13.2. The highest BCUT2D eigenvalue weighted by atomic mass is 79.9. The minimum atomic E-state index is -0.221. The lowest BCUT2D eigenvalue weighted by Gasteiger charge is -2.20. The van der Waals surface area contributed by atoms with Gasteiger partial charge in [-0.25, -0.2) is 4.39 Å². The van der Waals surface area contributed by atoms with E-state index in [4.69, 9.17) is 0 Å². The van der Waals surface area contributed by atoms with Crippen LogP contribution in [0.1, 0.15) is 36.1 Å². The van der Waals surface area contributed by atoms with E-state index >= 15 is 0 Å². The summed E-state index contributed by atoms with van der Waals surface area (Å²) in [6.45, 7) is 5.13. The number of halogens is 2. The zero-order chi connectivity index (χ0) is 15.2. The smallest absolute Gasteiger partial charge is 0.124 e. The van der Waals surface area contributed by atoms with Crippen LogP contribution in [0, 0.1) is 12.7 Å². The van der Waals surface area contributed by atoms with E-state index in [1.807, 2.05) is 25.4 Å². The van der Waals surface area contributed by atoms with Crippen molar-refractivity contribution < 1.29 is 4.39 Å². The van der Waals surface area contributed by atoms with Gasteiger partial charge in [0.05, 0.1) is 0 Å². The maximum Gasteiger partial charge on any atom is 0.124 e. The van der Waals surface area contributed by atoms with Crippen molar-refractivity contribution in [3.8, 4) is 0 Å². The first-order valence-corrected chi connectivity index (χ1v) is 7.98. The fraction of sp³-hybridized carbons (Fsp3) is 0.353. The van der Waals surface area contributed by atoms with Crippen LogP contribution in [0.4, 0.5) is 4.39 Å². The Bertz CT molecular complexity index is 601. The van der Waals surface area contributed by atoms with Gasteiger partial charge in [-0.2, -0.15) is 0 Å². The number of pyridine rings is 1. The third kappa shape index (κ3) is 4.61. The Labute approximate surface area is 133 Å². The molecule has 0 fully saturated rings. The fourth-order valence-corrected chi connectivity index (χ4v) is 2.82. The van der Waals surface area contributed by atoms with E-state index < -0.39 is 0 Å². The first kappa shape index (κ1) is 16.1. The Morgan fingerprint density at radius 1 is 1.29 bits per heavy atom. The lowest BCUT2D eigenvalue weighted by molar-refractivity contribution is 0.526. The van der Waals surface area contributed by atoms with Gasteiger partial charge in [-0.15, -0.1) is 0 Å². The molecule has 0 aliphatic heterocycles. The predicted octanol–water partition coefficient (Wildman–Crippen LogP) is 4.58. The zero-order valence-corrected chi connectivity index (χ0v) is 14.0. The third-order valence-corrected chi connectivity index (χ3v) is 4.12. The van der Waals surface area contributed by atoms with E-state index in [1.54, 1.807) is 0 Å². The SMILES string of the molecule is CCCNC(Cc1ccc(F)cc1Br)c1cncc(C)c1. The Balaban J connectivity index is 2.23. The van der Waals surface area contributed by atoms with Gasteiger partial charge in [-0.05, 0) is 55.1 Å². The molecule has 4 heteroatoms. The number of hydrogen-bond acceptors (Lipinski definition) is 2. The highest BCUT2D eigenvalue weighted by Crippen LogP contribution is 2.25. The number of benzene rings is 1. The summed E-state index contributed by atoms with van der Waals surface area (Å²) in [5, 5.41) is 3.55. The quantitative estimate of drug-likeness (QED) is 0.824. The van der Waals surface area contributed by atoms with Gasteiger partial charge in [0, 0.05) is 22.9 Å². The number of aromatic nitrogens is 1. The Kier molecular flexibility index (Phi) is 5.88. The maximum absolute atomic E-state index is 13.2. The number of aryl methyl sites for hydroxylation is 1. The molecular weight excluding hydrogens is 331 g/mol. The van der Waals surface area contributed by atoms with Crippen molar-refractivity contribution in [2.45, 2.75) is 32.7 Å². The summed E-state index contributed by atoms with van der Waals surface area (Å²) in [5.74, 6) is -0.221. The van der Waals surface area contributed by atoms with Crippen molar-refractivity contribution >= 4 is 15.9 Å². The van der Waals surface area contributed by atoms with E-state index in [2.05, 4.69) is 39.2 Å². The summed E-state index contributed by atoms with van der Waals surface area (Å²) in [6, 6.07) is 7.19. The molecule has 1 aromatic heterocycles. The molecule has 1 N–H and O–H groups in total. The minimum absolute atomic E-state index is 0.180. The summed E-state index contributed by atoms with van der Waals surface area (Å²) >= 11 is 3.45. The topological polar surface area (TPSA) is 24.9 Å². The minimum Gasteiger partial charge on any atom is -0.310 e. The van der Waals surface area contributed by atoms with Gasteiger partial charge < -0.3 is 5.32 Å².